The first-order valence-electron chi connectivity index (χ1n) is 13.8. The minimum Gasteiger partial charge on any atom is -0.380 e. The molecule has 41 heavy (non-hydrogen) atoms. The lowest BCUT2D eigenvalue weighted by Gasteiger charge is -2.36. The summed E-state index contributed by atoms with van der Waals surface area (Å²) in [4.78, 5) is 31.7. The molecule has 1 atom stereocenters. The molecular formula is C31H33F3N4O3. The molecule has 2 aromatic carbocycles. The van der Waals surface area contributed by atoms with Crippen molar-refractivity contribution in [2.75, 3.05) is 26.3 Å². The standard InChI is InChI=1S/C31H33F3N4O3/c1-19(20-2-4-22(5-3-20)27-15-26(31(32,33)34)7-6-24(27)16-35)37-29(39)28-14-23(8-11-36-28)21-9-12-38(13-10-21)30(40)25-17-41-18-25/h2-8,11,14-15,19,21,25H,9-10,12-13,16-18,35H2,1H3,(H,37,39)/t19-/m1/s1. The molecule has 0 spiro atoms. The van der Waals surface area contributed by atoms with Crippen molar-refractivity contribution >= 4 is 11.8 Å². The van der Waals surface area contributed by atoms with Crippen molar-refractivity contribution in [1.82, 2.24) is 15.2 Å². The van der Waals surface area contributed by atoms with Gasteiger partial charge < -0.3 is 20.7 Å². The molecule has 2 saturated heterocycles. The molecule has 2 aliphatic heterocycles. The molecule has 3 N–H and O–H groups in total. The molecule has 0 bridgehead atoms. The second kappa shape index (κ2) is 12.0. The van der Waals surface area contributed by atoms with Crippen molar-refractivity contribution in [1.29, 1.82) is 0 Å². The molecule has 0 saturated carbocycles. The number of amides is 2. The maximum atomic E-state index is 13.3. The zero-order chi connectivity index (χ0) is 29.1. The molecule has 3 heterocycles. The van der Waals surface area contributed by atoms with Gasteiger partial charge in [-0.05, 0) is 77.8 Å². The third-order valence-corrected chi connectivity index (χ3v) is 8.01. The minimum atomic E-state index is -4.45. The number of rotatable bonds is 7. The molecular weight excluding hydrogens is 533 g/mol. The molecule has 1 aromatic heterocycles. The number of aromatic nitrogens is 1. The van der Waals surface area contributed by atoms with Crippen molar-refractivity contribution in [2.24, 2.45) is 11.7 Å². The number of nitrogens with zero attached hydrogens (tertiary/aromatic N) is 2. The Morgan fingerprint density at radius 2 is 1.78 bits per heavy atom. The summed E-state index contributed by atoms with van der Waals surface area (Å²) in [5.74, 6) is 0.0842. The van der Waals surface area contributed by atoms with Crippen molar-refractivity contribution in [3.05, 3.63) is 88.7 Å². The smallest absolute Gasteiger partial charge is 0.380 e. The Hall–Kier alpha value is -3.76. The highest BCUT2D eigenvalue weighted by molar-refractivity contribution is 5.92. The number of nitrogens with one attached hydrogen (secondary N) is 1. The van der Waals surface area contributed by atoms with E-state index < -0.39 is 11.7 Å². The molecule has 7 nitrogen and oxygen atoms in total. The Morgan fingerprint density at radius 1 is 1.07 bits per heavy atom. The van der Waals surface area contributed by atoms with Crippen LogP contribution >= 0.6 is 0 Å². The monoisotopic (exact) mass is 566 g/mol. The van der Waals surface area contributed by atoms with E-state index in [9.17, 15) is 22.8 Å². The number of carbonyl (C=O) groups excluding carboxylic acids is 2. The van der Waals surface area contributed by atoms with Gasteiger partial charge >= 0.3 is 6.18 Å². The summed E-state index contributed by atoms with van der Waals surface area (Å²) in [7, 11) is 0. The van der Waals surface area contributed by atoms with Gasteiger partial charge in [-0.2, -0.15) is 13.2 Å². The van der Waals surface area contributed by atoms with Crippen molar-refractivity contribution in [2.45, 2.75) is 44.4 Å². The zero-order valence-corrected chi connectivity index (χ0v) is 22.8. The van der Waals surface area contributed by atoms with E-state index in [-0.39, 0.29) is 36.2 Å². The summed E-state index contributed by atoms with van der Waals surface area (Å²) >= 11 is 0. The highest BCUT2D eigenvalue weighted by atomic mass is 19.4. The summed E-state index contributed by atoms with van der Waals surface area (Å²) in [5.41, 5.74) is 8.84. The van der Waals surface area contributed by atoms with Crippen molar-refractivity contribution < 1.29 is 27.5 Å². The first-order chi connectivity index (χ1) is 19.6. The molecule has 3 aromatic rings. The number of hydrogen-bond donors (Lipinski definition) is 2. The van der Waals surface area contributed by atoms with Crippen LogP contribution in [0.15, 0.2) is 60.8 Å². The lowest BCUT2D eigenvalue weighted by Crippen LogP contribution is -2.47. The number of nitrogens with two attached hydrogens (primary N) is 1. The van der Waals surface area contributed by atoms with E-state index in [1.165, 1.54) is 6.07 Å². The van der Waals surface area contributed by atoms with Gasteiger partial charge in [0.25, 0.3) is 5.91 Å². The Balaban J connectivity index is 1.22. The Bertz CT molecular complexity index is 1400. The topological polar surface area (TPSA) is 97.5 Å². The fourth-order valence-electron chi connectivity index (χ4n) is 5.40. The van der Waals surface area contributed by atoms with Gasteiger partial charge in [0, 0.05) is 25.8 Å². The third kappa shape index (κ3) is 6.44. The lowest BCUT2D eigenvalue weighted by atomic mass is 9.89. The van der Waals surface area contributed by atoms with Crippen LogP contribution in [0, 0.1) is 5.92 Å². The predicted molar refractivity (Wildman–Crippen MR) is 148 cm³/mol. The maximum absolute atomic E-state index is 13.3. The number of pyridine rings is 1. The molecule has 5 rings (SSSR count). The van der Waals surface area contributed by atoms with Gasteiger partial charge in [-0.15, -0.1) is 0 Å². The Kier molecular flexibility index (Phi) is 8.42. The molecule has 2 amide bonds. The van der Waals surface area contributed by atoms with Gasteiger partial charge in [-0.1, -0.05) is 30.3 Å². The molecule has 2 fully saturated rings. The second-order valence-electron chi connectivity index (χ2n) is 10.7. The summed E-state index contributed by atoms with van der Waals surface area (Å²) in [6, 6.07) is 14.0. The van der Waals surface area contributed by atoms with Crippen molar-refractivity contribution in [3.8, 4) is 11.1 Å². The van der Waals surface area contributed by atoms with Gasteiger partial charge in [-0.3, -0.25) is 14.6 Å². The molecule has 2 aliphatic rings. The number of halogens is 3. The summed E-state index contributed by atoms with van der Waals surface area (Å²) in [5, 5.41) is 2.97. The van der Waals surface area contributed by atoms with Gasteiger partial charge in [-0.25, -0.2) is 0 Å². The van der Waals surface area contributed by atoms with Crippen LogP contribution < -0.4 is 11.1 Å². The Morgan fingerprint density at radius 3 is 2.39 bits per heavy atom. The van der Waals surface area contributed by atoms with E-state index in [4.69, 9.17) is 10.5 Å². The van der Waals surface area contributed by atoms with Gasteiger partial charge in [0.05, 0.1) is 30.7 Å². The number of hydrogen-bond acceptors (Lipinski definition) is 5. The highest BCUT2D eigenvalue weighted by Crippen LogP contribution is 2.34. The maximum Gasteiger partial charge on any atom is 0.416 e. The first-order valence-corrected chi connectivity index (χ1v) is 13.8. The first kappa shape index (κ1) is 28.8. The Labute approximate surface area is 236 Å². The van der Waals surface area contributed by atoms with Crippen LogP contribution in [0.1, 0.15) is 64.5 Å². The quantitative estimate of drug-likeness (QED) is 0.416. The van der Waals surface area contributed by atoms with Crippen LogP contribution in [-0.4, -0.2) is 48.0 Å². The average molecular weight is 567 g/mol. The number of likely N-dealkylation sites (tertiary alicyclic amines) is 1. The van der Waals surface area contributed by atoms with E-state index in [2.05, 4.69) is 10.3 Å². The largest absolute Gasteiger partial charge is 0.416 e. The van der Waals surface area contributed by atoms with Crippen LogP contribution in [0.25, 0.3) is 11.1 Å². The van der Waals surface area contributed by atoms with Crippen LogP contribution in [0.3, 0.4) is 0 Å². The lowest BCUT2D eigenvalue weighted by molar-refractivity contribution is -0.151. The predicted octanol–water partition coefficient (Wildman–Crippen LogP) is 5.07. The van der Waals surface area contributed by atoms with E-state index in [1.54, 1.807) is 30.5 Å². The molecule has 10 heteroatoms. The highest BCUT2D eigenvalue weighted by Gasteiger charge is 2.33. The fourth-order valence-corrected chi connectivity index (χ4v) is 5.40. The van der Waals surface area contributed by atoms with Crippen LogP contribution in [0.4, 0.5) is 13.2 Å². The van der Waals surface area contributed by atoms with E-state index >= 15 is 0 Å². The normalized spacial score (nSPS) is 17.1. The second-order valence-corrected chi connectivity index (χ2v) is 10.7. The summed E-state index contributed by atoms with van der Waals surface area (Å²) in [6.07, 6.45) is -1.17. The minimum absolute atomic E-state index is 0.00930. The number of alkyl halides is 3. The number of benzene rings is 2. The average Bonchev–Trinajstić information content (AvgIpc) is 2.95. The number of carbonyl (C=O) groups is 2. The number of piperidine rings is 1. The number of ether oxygens (including phenoxy) is 1. The SMILES string of the molecule is C[C@@H](NC(=O)c1cc(C2CCN(C(=O)C3COC3)CC2)ccn1)c1ccc(-c2cc(C(F)(F)F)ccc2CN)cc1. The fraction of sp³-hybridized carbons (Fsp3) is 0.387. The zero-order valence-electron chi connectivity index (χ0n) is 22.8. The summed E-state index contributed by atoms with van der Waals surface area (Å²) in [6.45, 7) is 4.34. The molecule has 0 aliphatic carbocycles. The molecule has 216 valence electrons. The van der Waals surface area contributed by atoms with Gasteiger partial charge in [0.2, 0.25) is 5.91 Å². The van der Waals surface area contributed by atoms with Gasteiger partial charge in [0.15, 0.2) is 0 Å². The van der Waals surface area contributed by atoms with Crippen LogP contribution in [0.2, 0.25) is 0 Å². The van der Waals surface area contributed by atoms with E-state index in [0.717, 1.165) is 36.1 Å². The van der Waals surface area contributed by atoms with Crippen LogP contribution in [0.5, 0.6) is 0 Å². The van der Waals surface area contributed by atoms with Gasteiger partial charge in [0.1, 0.15) is 5.69 Å². The third-order valence-electron chi connectivity index (χ3n) is 8.01. The van der Waals surface area contributed by atoms with Crippen LogP contribution in [-0.2, 0) is 22.3 Å². The van der Waals surface area contributed by atoms with Crippen molar-refractivity contribution in [3.63, 3.8) is 0 Å². The van der Waals surface area contributed by atoms with E-state index in [1.807, 2.05) is 24.0 Å². The van der Waals surface area contributed by atoms with E-state index in [0.29, 0.717) is 48.7 Å². The summed E-state index contributed by atoms with van der Waals surface area (Å²) < 4.78 is 45.0. The molecule has 0 radical (unpaired) electrons. The molecule has 0 unspecified atom stereocenters.